The van der Waals surface area contributed by atoms with E-state index < -0.39 is 0 Å². The number of nitrogens with one attached hydrogen (secondary N) is 2. The lowest BCUT2D eigenvalue weighted by molar-refractivity contribution is 0.441. The van der Waals surface area contributed by atoms with Crippen molar-refractivity contribution in [2.24, 2.45) is 0 Å². The van der Waals surface area contributed by atoms with Crippen LogP contribution in [0.15, 0.2) is 18.2 Å². The highest BCUT2D eigenvalue weighted by Crippen LogP contribution is 2.31. The van der Waals surface area contributed by atoms with Crippen LogP contribution >= 0.6 is 0 Å². The maximum atomic E-state index is 13.2. The van der Waals surface area contributed by atoms with Crippen LogP contribution in [0.2, 0.25) is 0 Å². The van der Waals surface area contributed by atoms with Crippen molar-refractivity contribution in [2.45, 2.75) is 32.4 Å². The van der Waals surface area contributed by atoms with Gasteiger partial charge in [-0.25, -0.2) is 4.39 Å². The summed E-state index contributed by atoms with van der Waals surface area (Å²) in [6.07, 6.45) is 0.961. The molecule has 1 aromatic heterocycles. The molecular formula is C13H15FN2. The zero-order chi connectivity index (χ0) is 11.3. The van der Waals surface area contributed by atoms with Gasteiger partial charge in [0.2, 0.25) is 0 Å². The summed E-state index contributed by atoms with van der Waals surface area (Å²) in [6.45, 7) is 4.30. The minimum Gasteiger partial charge on any atom is -0.357 e. The second-order valence-electron chi connectivity index (χ2n) is 4.70. The van der Waals surface area contributed by atoms with Crippen LogP contribution in [-0.4, -0.2) is 11.0 Å². The summed E-state index contributed by atoms with van der Waals surface area (Å²) in [7, 11) is 0. The molecule has 3 rings (SSSR count). The number of aromatic amines is 1. The molecule has 0 amide bonds. The molecule has 0 saturated heterocycles. The van der Waals surface area contributed by atoms with Crippen molar-refractivity contribution in [2.75, 3.05) is 0 Å². The van der Waals surface area contributed by atoms with Crippen molar-refractivity contribution < 1.29 is 4.39 Å². The number of rotatable bonds is 0. The fourth-order valence-electron chi connectivity index (χ4n) is 2.71. The molecule has 2 nitrogen and oxygen atoms in total. The smallest absolute Gasteiger partial charge is 0.123 e. The molecule has 0 unspecified atom stereocenters. The Labute approximate surface area is 93.9 Å². The quantitative estimate of drug-likeness (QED) is 0.699. The minimum atomic E-state index is -0.159. The summed E-state index contributed by atoms with van der Waals surface area (Å²) in [4.78, 5) is 3.38. The van der Waals surface area contributed by atoms with E-state index in [-0.39, 0.29) is 5.82 Å². The number of H-pyrrole nitrogens is 1. The zero-order valence-electron chi connectivity index (χ0n) is 9.47. The van der Waals surface area contributed by atoms with Crippen LogP contribution in [0.4, 0.5) is 4.39 Å². The van der Waals surface area contributed by atoms with Crippen LogP contribution in [0.25, 0.3) is 10.9 Å². The third kappa shape index (κ3) is 1.35. The van der Waals surface area contributed by atoms with E-state index in [9.17, 15) is 4.39 Å². The number of fused-ring (bicyclic) bond motifs is 3. The maximum absolute atomic E-state index is 13.2. The monoisotopic (exact) mass is 218 g/mol. The van der Waals surface area contributed by atoms with Crippen LogP contribution < -0.4 is 5.32 Å². The molecule has 0 fully saturated rings. The Morgan fingerprint density at radius 2 is 2.12 bits per heavy atom. The van der Waals surface area contributed by atoms with Crippen LogP contribution in [0, 0.1) is 5.82 Å². The van der Waals surface area contributed by atoms with Gasteiger partial charge in [0, 0.05) is 28.7 Å². The van der Waals surface area contributed by atoms with Gasteiger partial charge in [-0.15, -0.1) is 0 Å². The normalized spacial score (nSPS) is 24.7. The van der Waals surface area contributed by atoms with Crippen molar-refractivity contribution in [1.29, 1.82) is 0 Å². The second kappa shape index (κ2) is 3.32. The second-order valence-corrected chi connectivity index (χ2v) is 4.70. The van der Waals surface area contributed by atoms with E-state index >= 15 is 0 Å². The lowest BCUT2D eigenvalue weighted by atomic mass is 9.95. The predicted molar refractivity (Wildman–Crippen MR) is 63.0 cm³/mol. The van der Waals surface area contributed by atoms with Gasteiger partial charge >= 0.3 is 0 Å². The Hall–Kier alpha value is -1.35. The molecule has 16 heavy (non-hydrogen) atoms. The number of benzene rings is 1. The Morgan fingerprint density at radius 3 is 2.94 bits per heavy atom. The largest absolute Gasteiger partial charge is 0.357 e. The fourth-order valence-corrected chi connectivity index (χ4v) is 2.71. The number of aromatic nitrogens is 1. The van der Waals surface area contributed by atoms with Gasteiger partial charge in [0.25, 0.3) is 0 Å². The molecule has 0 aliphatic carbocycles. The highest BCUT2D eigenvalue weighted by Gasteiger charge is 2.24. The van der Waals surface area contributed by atoms with Crippen LogP contribution in [-0.2, 0) is 6.42 Å². The van der Waals surface area contributed by atoms with Gasteiger partial charge in [0.15, 0.2) is 0 Å². The van der Waals surface area contributed by atoms with E-state index in [0.717, 1.165) is 17.3 Å². The standard InChI is InChI=1S/C13H15FN2/c1-7-5-11-10-6-9(14)3-4-12(10)16-13(11)8(2)15-7/h3-4,6-8,15-16H,5H2,1-2H3/t7-,8+/m0/s1. The van der Waals surface area contributed by atoms with Crippen molar-refractivity contribution in [3.63, 3.8) is 0 Å². The van der Waals surface area contributed by atoms with Gasteiger partial charge in [0.05, 0.1) is 0 Å². The molecule has 1 aromatic carbocycles. The molecule has 3 heteroatoms. The molecule has 2 N–H and O–H groups in total. The third-order valence-electron chi connectivity index (χ3n) is 3.38. The Morgan fingerprint density at radius 1 is 1.31 bits per heavy atom. The van der Waals surface area contributed by atoms with Crippen LogP contribution in [0.1, 0.15) is 31.1 Å². The van der Waals surface area contributed by atoms with E-state index in [4.69, 9.17) is 0 Å². The summed E-state index contributed by atoms with van der Waals surface area (Å²) >= 11 is 0. The molecular weight excluding hydrogens is 203 g/mol. The highest BCUT2D eigenvalue weighted by atomic mass is 19.1. The first-order chi connectivity index (χ1) is 7.65. The SMILES string of the molecule is C[C@H]1Cc2c([nH]c3ccc(F)cc23)[C@@H](C)N1. The van der Waals surface area contributed by atoms with Gasteiger partial charge in [-0.05, 0) is 44.0 Å². The molecule has 0 bridgehead atoms. The minimum absolute atomic E-state index is 0.159. The molecule has 0 spiro atoms. The predicted octanol–water partition coefficient (Wildman–Crippen LogP) is 2.90. The first kappa shape index (κ1) is 9.85. The average molecular weight is 218 g/mol. The van der Waals surface area contributed by atoms with Gasteiger partial charge < -0.3 is 10.3 Å². The summed E-state index contributed by atoms with van der Waals surface area (Å²) < 4.78 is 13.2. The summed E-state index contributed by atoms with van der Waals surface area (Å²) in [5, 5.41) is 4.52. The van der Waals surface area contributed by atoms with E-state index in [1.807, 2.05) is 6.07 Å². The average Bonchev–Trinajstić information content (AvgIpc) is 2.57. The van der Waals surface area contributed by atoms with E-state index in [1.165, 1.54) is 17.3 Å². The molecule has 0 saturated carbocycles. The number of hydrogen-bond acceptors (Lipinski definition) is 1. The third-order valence-corrected chi connectivity index (χ3v) is 3.38. The van der Waals surface area contributed by atoms with Gasteiger partial charge in [0.1, 0.15) is 5.82 Å². The maximum Gasteiger partial charge on any atom is 0.123 e. The van der Waals surface area contributed by atoms with Crippen LogP contribution in [0.3, 0.4) is 0 Å². The van der Waals surface area contributed by atoms with Crippen molar-refractivity contribution in [3.8, 4) is 0 Å². The van der Waals surface area contributed by atoms with E-state index in [0.29, 0.717) is 12.1 Å². The van der Waals surface area contributed by atoms with Crippen LogP contribution in [0.5, 0.6) is 0 Å². The van der Waals surface area contributed by atoms with E-state index in [1.54, 1.807) is 6.07 Å². The lowest BCUT2D eigenvalue weighted by Gasteiger charge is -2.26. The molecule has 1 aliphatic rings. The molecule has 2 atom stereocenters. The number of hydrogen-bond donors (Lipinski definition) is 2. The first-order valence-corrected chi connectivity index (χ1v) is 5.71. The van der Waals surface area contributed by atoms with E-state index in [2.05, 4.69) is 24.1 Å². The van der Waals surface area contributed by atoms with Crippen molar-refractivity contribution in [1.82, 2.24) is 10.3 Å². The van der Waals surface area contributed by atoms with Gasteiger partial charge in [-0.2, -0.15) is 0 Å². The van der Waals surface area contributed by atoms with Gasteiger partial charge in [-0.3, -0.25) is 0 Å². The molecule has 84 valence electrons. The fraction of sp³-hybridized carbons (Fsp3) is 0.385. The summed E-state index contributed by atoms with van der Waals surface area (Å²) in [5.74, 6) is -0.159. The molecule has 0 radical (unpaired) electrons. The molecule has 1 aliphatic heterocycles. The first-order valence-electron chi connectivity index (χ1n) is 5.71. The molecule has 2 heterocycles. The summed E-state index contributed by atoms with van der Waals surface area (Å²) in [5.41, 5.74) is 3.51. The van der Waals surface area contributed by atoms with Crippen molar-refractivity contribution >= 4 is 10.9 Å². The zero-order valence-corrected chi connectivity index (χ0v) is 9.47. The highest BCUT2D eigenvalue weighted by molar-refractivity contribution is 5.85. The molecule has 2 aromatic rings. The Kier molecular flexibility index (Phi) is 2.04. The Balaban J connectivity index is 2.27. The van der Waals surface area contributed by atoms with Crippen molar-refractivity contribution in [3.05, 3.63) is 35.3 Å². The topological polar surface area (TPSA) is 27.8 Å². The summed E-state index contributed by atoms with van der Waals surface area (Å²) in [6, 6.07) is 5.72. The number of halogens is 1. The lowest BCUT2D eigenvalue weighted by Crippen LogP contribution is -2.35. The van der Waals surface area contributed by atoms with Gasteiger partial charge in [-0.1, -0.05) is 0 Å². The Bertz CT molecular complexity index is 544.